The number of nitrogens with zero attached hydrogens (tertiary/aromatic N) is 1. The summed E-state index contributed by atoms with van der Waals surface area (Å²) in [6.07, 6.45) is 2.79. The number of alkyl halides is 2. The molecule has 6 nitrogen and oxygen atoms in total. The van der Waals surface area contributed by atoms with Gasteiger partial charge in [0.1, 0.15) is 0 Å². The molecule has 0 unspecified atom stereocenters. The van der Waals surface area contributed by atoms with Crippen LogP contribution in [0.15, 0.2) is 30.3 Å². The van der Waals surface area contributed by atoms with E-state index >= 15 is 0 Å². The molecule has 0 radical (unpaired) electrons. The van der Waals surface area contributed by atoms with Crippen molar-refractivity contribution in [2.45, 2.75) is 49.8 Å². The molecule has 4 rings (SSSR count). The van der Waals surface area contributed by atoms with Crippen LogP contribution in [0.1, 0.15) is 31.2 Å². The minimum Gasteiger partial charge on any atom is -0.493 e. The first-order chi connectivity index (χ1) is 16.6. The molecule has 2 amide bonds. The van der Waals surface area contributed by atoms with Crippen molar-refractivity contribution >= 4 is 11.7 Å². The van der Waals surface area contributed by atoms with Gasteiger partial charge in [-0.2, -0.15) is 8.78 Å². The van der Waals surface area contributed by atoms with Gasteiger partial charge in [0.15, 0.2) is 29.0 Å². The van der Waals surface area contributed by atoms with Crippen molar-refractivity contribution < 1.29 is 36.2 Å². The Morgan fingerprint density at radius 3 is 2.49 bits per heavy atom. The van der Waals surface area contributed by atoms with E-state index in [1.807, 2.05) is 7.05 Å². The number of carbonyl (C=O) groups is 1. The maximum absolute atomic E-state index is 13.4. The molecule has 0 aromatic heterocycles. The van der Waals surface area contributed by atoms with Gasteiger partial charge in [0.25, 0.3) is 0 Å². The topological polar surface area (TPSA) is 62.8 Å². The molecule has 2 N–H and O–H groups in total. The minimum atomic E-state index is -2.96. The smallest absolute Gasteiger partial charge is 0.387 e. The van der Waals surface area contributed by atoms with Crippen LogP contribution in [-0.2, 0) is 5.41 Å². The highest BCUT2D eigenvalue weighted by atomic mass is 19.3. The summed E-state index contributed by atoms with van der Waals surface area (Å²) in [6, 6.07) is 5.62. The third kappa shape index (κ3) is 5.00. The normalized spacial score (nSPS) is 24.2. The number of likely N-dealkylation sites (N-methyl/N-ethyl adjacent to an activating group) is 1. The zero-order chi connectivity index (χ0) is 25.3. The number of likely N-dealkylation sites (tertiary alicyclic amines) is 1. The van der Waals surface area contributed by atoms with Gasteiger partial charge in [0, 0.05) is 35.3 Å². The molecule has 11 heteroatoms. The first-order valence-corrected chi connectivity index (χ1v) is 11.2. The Morgan fingerprint density at radius 1 is 1.11 bits per heavy atom. The second-order valence-electron chi connectivity index (χ2n) is 8.97. The lowest BCUT2D eigenvalue weighted by molar-refractivity contribution is -0.0512. The maximum Gasteiger partial charge on any atom is 0.387 e. The first-order valence-electron chi connectivity index (χ1n) is 11.2. The Labute approximate surface area is 199 Å². The van der Waals surface area contributed by atoms with E-state index < -0.39 is 30.1 Å². The van der Waals surface area contributed by atoms with Gasteiger partial charge in [-0.25, -0.2) is 18.0 Å². The van der Waals surface area contributed by atoms with Crippen molar-refractivity contribution in [3.05, 3.63) is 53.3 Å². The van der Waals surface area contributed by atoms with E-state index in [0.29, 0.717) is 31.4 Å². The lowest BCUT2D eigenvalue weighted by Crippen LogP contribution is -2.52. The Morgan fingerprint density at radius 2 is 1.83 bits per heavy atom. The largest absolute Gasteiger partial charge is 0.493 e. The van der Waals surface area contributed by atoms with Crippen molar-refractivity contribution in [2.24, 2.45) is 0 Å². The van der Waals surface area contributed by atoms with Gasteiger partial charge in [0.05, 0.1) is 7.11 Å². The molecule has 1 aliphatic heterocycles. The molecule has 2 aromatic carbocycles. The summed E-state index contributed by atoms with van der Waals surface area (Å²) in [6.45, 7) is -2.15. The van der Waals surface area contributed by atoms with E-state index in [1.54, 1.807) is 12.1 Å². The standard InChI is InChI=1S/C24H26F5N3O3/c1-32-8-7-24(13-3-4-18(35-22(28)29)19(9-13)34-2)6-5-14(12-20(24)32)30-23(33)31-15-10-16(25)21(27)17(26)11-15/h3-4,9-11,14,20,22H,5-8,12H2,1-2H3,(H2,30,31,33)/t14-,20+,24-/m0/s1. The van der Waals surface area contributed by atoms with Gasteiger partial charge in [-0.3, -0.25) is 0 Å². The number of hydrogen-bond acceptors (Lipinski definition) is 4. The van der Waals surface area contributed by atoms with Gasteiger partial charge in [-0.1, -0.05) is 6.07 Å². The average molecular weight is 499 g/mol. The minimum absolute atomic E-state index is 0.0359. The van der Waals surface area contributed by atoms with E-state index in [0.717, 1.165) is 18.5 Å². The molecule has 0 bridgehead atoms. The van der Waals surface area contributed by atoms with E-state index in [1.165, 1.54) is 13.2 Å². The SMILES string of the molecule is COc1cc([C@@]23CC[C@H](NC(=O)Nc4cc(F)c(F)c(F)c4)C[C@H]2N(C)CC3)ccc1OC(F)F. The summed E-state index contributed by atoms with van der Waals surface area (Å²) < 4.78 is 75.3. The van der Waals surface area contributed by atoms with Crippen molar-refractivity contribution in [1.29, 1.82) is 0 Å². The molecule has 35 heavy (non-hydrogen) atoms. The van der Waals surface area contributed by atoms with E-state index in [4.69, 9.17) is 4.74 Å². The zero-order valence-electron chi connectivity index (χ0n) is 19.2. The van der Waals surface area contributed by atoms with E-state index in [2.05, 4.69) is 20.3 Å². The van der Waals surface area contributed by atoms with Gasteiger partial charge in [0.2, 0.25) is 0 Å². The Bertz CT molecular complexity index is 1080. The number of nitrogens with one attached hydrogen (secondary N) is 2. The number of amides is 2. The fraction of sp³-hybridized carbons (Fsp3) is 0.458. The number of hydrogen-bond donors (Lipinski definition) is 2. The van der Waals surface area contributed by atoms with Crippen LogP contribution in [0.4, 0.5) is 32.4 Å². The molecule has 3 atom stereocenters. The second-order valence-corrected chi connectivity index (χ2v) is 8.97. The van der Waals surface area contributed by atoms with Gasteiger partial charge >= 0.3 is 12.6 Å². The molecule has 1 saturated carbocycles. The Hall–Kier alpha value is -3.08. The van der Waals surface area contributed by atoms with E-state index in [-0.39, 0.29) is 34.7 Å². The molecule has 1 aliphatic carbocycles. The predicted octanol–water partition coefficient (Wildman–Crippen LogP) is 5.03. The van der Waals surface area contributed by atoms with Crippen molar-refractivity contribution in [2.75, 3.05) is 26.0 Å². The van der Waals surface area contributed by atoms with Crippen LogP contribution in [0.5, 0.6) is 11.5 Å². The van der Waals surface area contributed by atoms with Crippen LogP contribution in [0.25, 0.3) is 0 Å². The highest BCUT2D eigenvalue weighted by Gasteiger charge is 2.50. The first kappa shape index (κ1) is 25.0. The van der Waals surface area contributed by atoms with Gasteiger partial charge in [-0.15, -0.1) is 0 Å². The number of fused-ring (bicyclic) bond motifs is 1. The molecule has 1 heterocycles. The number of urea groups is 1. The van der Waals surface area contributed by atoms with Crippen LogP contribution in [0.2, 0.25) is 0 Å². The maximum atomic E-state index is 13.4. The average Bonchev–Trinajstić information content (AvgIpc) is 3.14. The number of rotatable bonds is 6. The zero-order valence-corrected chi connectivity index (χ0v) is 19.2. The highest BCUT2D eigenvalue weighted by Crippen LogP contribution is 2.50. The lowest BCUT2D eigenvalue weighted by Gasteiger charge is -2.45. The quantitative estimate of drug-likeness (QED) is 0.433. The third-order valence-corrected chi connectivity index (χ3v) is 7.06. The summed E-state index contributed by atoms with van der Waals surface area (Å²) in [7, 11) is 3.39. The summed E-state index contributed by atoms with van der Waals surface area (Å²) in [4.78, 5) is 14.7. The molecule has 2 aromatic rings. The van der Waals surface area contributed by atoms with Crippen molar-refractivity contribution in [3.63, 3.8) is 0 Å². The van der Waals surface area contributed by atoms with Gasteiger partial charge in [-0.05, 0) is 57.0 Å². The van der Waals surface area contributed by atoms with Crippen molar-refractivity contribution in [3.8, 4) is 11.5 Å². The fourth-order valence-electron chi connectivity index (χ4n) is 5.40. The molecule has 2 aliphatic rings. The number of halogens is 5. The molecule has 1 saturated heterocycles. The molecule has 190 valence electrons. The summed E-state index contributed by atoms with van der Waals surface area (Å²) in [5.74, 6) is -4.20. The van der Waals surface area contributed by atoms with E-state index in [9.17, 15) is 26.7 Å². The lowest BCUT2D eigenvalue weighted by atomic mass is 9.65. The molecule has 0 spiro atoms. The van der Waals surface area contributed by atoms with Crippen LogP contribution in [0.3, 0.4) is 0 Å². The molecular formula is C24H26F5N3O3. The Kier molecular flexibility index (Phi) is 7.07. The highest BCUT2D eigenvalue weighted by molar-refractivity contribution is 5.89. The summed E-state index contributed by atoms with van der Waals surface area (Å²) >= 11 is 0. The number of methoxy groups -OCH3 is 1. The monoisotopic (exact) mass is 499 g/mol. The molecule has 2 fully saturated rings. The second kappa shape index (κ2) is 9.88. The van der Waals surface area contributed by atoms with Crippen molar-refractivity contribution in [1.82, 2.24) is 10.2 Å². The van der Waals surface area contributed by atoms with Gasteiger partial charge < -0.3 is 25.0 Å². The van der Waals surface area contributed by atoms with Crippen LogP contribution < -0.4 is 20.1 Å². The van der Waals surface area contributed by atoms with Crippen LogP contribution in [0, 0.1) is 17.5 Å². The van der Waals surface area contributed by atoms with Crippen LogP contribution in [-0.4, -0.2) is 50.3 Å². The number of carbonyl (C=O) groups excluding carboxylic acids is 1. The number of anilines is 1. The van der Waals surface area contributed by atoms with Crippen LogP contribution >= 0.6 is 0 Å². The summed E-state index contributed by atoms with van der Waals surface area (Å²) in [5.41, 5.74) is 0.495. The summed E-state index contributed by atoms with van der Waals surface area (Å²) in [5, 5.41) is 5.18. The molecular weight excluding hydrogens is 473 g/mol. The third-order valence-electron chi connectivity index (χ3n) is 7.06. The fourth-order valence-corrected chi connectivity index (χ4v) is 5.40. The number of ether oxygens (including phenoxy) is 2. The number of benzene rings is 2. The Balaban J connectivity index is 1.48. The predicted molar refractivity (Wildman–Crippen MR) is 118 cm³/mol.